The fourth-order valence-electron chi connectivity index (χ4n) is 1.83. The summed E-state index contributed by atoms with van der Waals surface area (Å²) in [6.07, 6.45) is 0.693. The Labute approximate surface area is 87.4 Å². The Balaban J connectivity index is 2.56. The Morgan fingerprint density at radius 3 is 2.67 bits per heavy atom. The minimum absolute atomic E-state index is 0.186. The molecule has 0 aliphatic heterocycles. The molecule has 0 saturated heterocycles. The molecule has 1 aliphatic rings. The Bertz CT molecular complexity index is 284. The first-order chi connectivity index (χ1) is 7.06. The summed E-state index contributed by atoms with van der Waals surface area (Å²) in [5.41, 5.74) is 0. The number of carbonyl (C=O) groups is 3. The van der Waals surface area contributed by atoms with E-state index in [0.717, 1.165) is 0 Å². The molecule has 1 saturated carbocycles. The molecule has 2 unspecified atom stereocenters. The van der Waals surface area contributed by atoms with Gasteiger partial charge in [0.2, 0.25) is 0 Å². The van der Waals surface area contributed by atoms with Gasteiger partial charge >= 0.3 is 11.9 Å². The third kappa shape index (κ3) is 2.78. The zero-order valence-electron chi connectivity index (χ0n) is 8.56. The number of ether oxygens (including phenoxy) is 1. The van der Waals surface area contributed by atoms with Gasteiger partial charge in [-0.15, -0.1) is 0 Å². The standard InChI is InChI=1S/C10H14O5/c1-2-15-10(14)7-4-3-6(9(7)13)5-8(11)12/h6-7H,2-5H2,1H3,(H,11,12). The lowest BCUT2D eigenvalue weighted by Crippen LogP contribution is -2.25. The number of carbonyl (C=O) groups excluding carboxylic acids is 2. The lowest BCUT2D eigenvalue weighted by molar-refractivity contribution is -0.151. The summed E-state index contributed by atoms with van der Waals surface area (Å²) in [6.45, 7) is 1.91. The molecule has 5 nitrogen and oxygen atoms in total. The van der Waals surface area contributed by atoms with Gasteiger partial charge in [-0.25, -0.2) is 0 Å². The molecular weight excluding hydrogens is 200 g/mol. The molecule has 0 aromatic carbocycles. The van der Waals surface area contributed by atoms with Gasteiger partial charge < -0.3 is 9.84 Å². The second kappa shape index (κ2) is 4.91. The van der Waals surface area contributed by atoms with E-state index in [4.69, 9.17) is 9.84 Å². The van der Waals surface area contributed by atoms with Crippen LogP contribution in [0.3, 0.4) is 0 Å². The highest BCUT2D eigenvalue weighted by Gasteiger charge is 2.40. The van der Waals surface area contributed by atoms with Crippen molar-refractivity contribution in [3.05, 3.63) is 0 Å². The molecule has 1 aliphatic carbocycles. The Hall–Kier alpha value is -1.39. The zero-order valence-corrected chi connectivity index (χ0v) is 8.56. The first-order valence-corrected chi connectivity index (χ1v) is 4.98. The maximum atomic E-state index is 11.6. The second-order valence-corrected chi connectivity index (χ2v) is 3.58. The zero-order chi connectivity index (χ0) is 11.4. The lowest BCUT2D eigenvalue weighted by Gasteiger charge is -2.08. The van der Waals surface area contributed by atoms with Crippen LogP contribution in [0.25, 0.3) is 0 Å². The molecule has 1 N–H and O–H groups in total. The van der Waals surface area contributed by atoms with E-state index in [1.807, 2.05) is 0 Å². The highest BCUT2D eigenvalue weighted by atomic mass is 16.5. The van der Waals surface area contributed by atoms with Crippen molar-refractivity contribution in [2.45, 2.75) is 26.2 Å². The summed E-state index contributed by atoms with van der Waals surface area (Å²) in [6, 6.07) is 0. The largest absolute Gasteiger partial charge is 0.481 e. The summed E-state index contributed by atoms with van der Waals surface area (Å²) >= 11 is 0. The van der Waals surface area contributed by atoms with Gasteiger partial charge in [0, 0.05) is 5.92 Å². The van der Waals surface area contributed by atoms with Crippen molar-refractivity contribution in [1.29, 1.82) is 0 Å². The SMILES string of the molecule is CCOC(=O)C1CCC(CC(=O)O)C1=O. The highest BCUT2D eigenvalue weighted by Crippen LogP contribution is 2.30. The Kier molecular flexibility index (Phi) is 3.82. The summed E-state index contributed by atoms with van der Waals surface area (Å²) < 4.78 is 4.74. The maximum absolute atomic E-state index is 11.6. The van der Waals surface area contributed by atoms with Gasteiger partial charge in [0.15, 0.2) is 5.78 Å². The predicted molar refractivity (Wildman–Crippen MR) is 50.1 cm³/mol. The average molecular weight is 214 g/mol. The van der Waals surface area contributed by atoms with E-state index < -0.39 is 23.8 Å². The van der Waals surface area contributed by atoms with Crippen LogP contribution in [0.5, 0.6) is 0 Å². The molecule has 2 atom stereocenters. The van der Waals surface area contributed by atoms with Gasteiger partial charge in [-0.3, -0.25) is 14.4 Å². The van der Waals surface area contributed by atoms with Gasteiger partial charge in [-0.2, -0.15) is 0 Å². The molecule has 0 aromatic rings. The molecule has 0 spiro atoms. The van der Waals surface area contributed by atoms with Crippen molar-refractivity contribution in [2.75, 3.05) is 6.61 Å². The van der Waals surface area contributed by atoms with Crippen molar-refractivity contribution in [2.24, 2.45) is 11.8 Å². The van der Waals surface area contributed by atoms with Gasteiger partial charge in [-0.05, 0) is 19.8 Å². The van der Waals surface area contributed by atoms with Crippen LogP contribution in [0.1, 0.15) is 26.2 Å². The fourth-order valence-corrected chi connectivity index (χ4v) is 1.83. The van der Waals surface area contributed by atoms with Crippen LogP contribution in [-0.2, 0) is 19.1 Å². The average Bonchev–Trinajstić information content (AvgIpc) is 2.48. The third-order valence-electron chi connectivity index (χ3n) is 2.54. The normalized spacial score (nSPS) is 25.3. The molecule has 0 aromatic heterocycles. The number of esters is 1. The summed E-state index contributed by atoms with van der Waals surface area (Å²) in [4.78, 5) is 33.3. The summed E-state index contributed by atoms with van der Waals surface area (Å²) in [5, 5.41) is 8.55. The van der Waals surface area contributed by atoms with E-state index in [0.29, 0.717) is 12.8 Å². The summed E-state index contributed by atoms with van der Waals surface area (Å²) in [7, 11) is 0. The Morgan fingerprint density at radius 2 is 2.13 bits per heavy atom. The van der Waals surface area contributed by atoms with Crippen LogP contribution in [0.4, 0.5) is 0 Å². The molecule has 1 fully saturated rings. The van der Waals surface area contributed by atoms with Crippen LogP contribution >= 0.6 is 0 Å². The predicted octanol–water partition coefficient (Wildman–Crippen LogP) is 0.620. The fraction of sp³-hybridized carbons (Fsp3) is 0.700. The van der Waals surface area contributed by atoms with Gasteiger partial charge in [0.05, 0.1) is 13.0 Å². The number of hydrogen-bond donors (Lipinski definition) is 1. The van der Waals surface area contributed by atoms with E-state index in [1.165, 1.54) is 0 Å². The molecule has 5 heteroatoms. The number of carboxylic acid groups (broad SMARTS) is 1. The number of hydrogen-bond acceptors (Lipinski definition) is 4. The molecule has 15 heavy (non-hydrogen) atoms. The first kappa shape index (κ1) is 11.7. The van der Waals surface area contributed by atoms with Crippen LogP contribution in [0.15, 0.2) is 0 Å². The van der Waals surface area contributed by atoms with Crippen molar-refractivity contribution >= 4 is 17.7 Å². The molecule has 0 radical (unpaired) electrons. The molecule has 0 bridgehead atoms. The topological polar surface area (TPSA) is 80.7 Å². The number of Topliss-reactive ketones (excluding diaryl/α,β-unsaturated/α-hetero) is 1. The van der Waals surface area contributed by atoms with E-state index in [2.05, 4.69) is 0 Å². The van der Waals surface area contributed by atoms with E-state index in [-0.39, 0.29) is 18.8 Å². The quantitative estimate of drug-likeness (QED) is 0.548. The van der Waals surface area contributed by atoms with E-state index >= 15 is 0 Å². The monoisotopic (exact) mass is 214 g/mol. The van der Waals surface area contributed by atoms with Gasteiger partial charge in [-0.1, -0.05) is 0 Å². The van der Waals surface area contributed by atoms with Crippen LogP contribution in [-0.4, -0.2) is 29.4 Å². The number of aliphatic carboxylic acids is 1. The number of ketones is 1. The molecule has 1 rings (SSSR count). The van der Waals surface area contributed by atoms with Crippen LogP contribution in [0.2, 0.25) is 0 Å². The van der Waals surface area contributed by atoms with Crippen molar-refractivity contribution in [1.82, 2.24) is 0 Å². The number of rotatable bonds is 4. The molecule has 0 amide bonds. The highest BCUT2D eigenvalue weighted by molar-refractivity contribution is 6.02. The van der Waals surface area contributed by atoms with Crippen molar-refractivity contribution in [3.8, 4) is 0 Å². The lowest BCUT2D eigenvalue weighted by atomic mass is 10.0. The first-order valence-electron chi connectivity index (χ1n) is 4.98. The second-order valence-electron chi connectivity index (χ2n) is 3.58. The van der Waals surface area contributed by atoms with Gasteiger partial charge in [0.1, 0.15) is 5.92 Å². The van der Waals surface area contributed by atoms with E-state index in [9.17, 15) is 14.4 Å². The van der Waals surface area contributed by atoms with E-state index in [1.54, 1.807) is 6.92 Å². The molecular formula is C10H14O5. The molecule has 0 heterocycles. The van der Waals surface area contributed by atoms with Crippen molar-refractivity contribution < 1.29 is 24.2 Å². The van der Waals surface area contributed by atoms with Gasteiger partial charge in [0.25, 0.3) is 0 Å². The summed E-state index contributed by atoms with van der Waals surface area (Å²) in [5.74, 6) is -3.06. The smallest absolute Gasteiger partial charge is 0.316 e. The minimum atomic E-state index is -1.00. The minimum Gasteiger partial charge on any atom is -0.481 e. The Morgan fingerprint density at radius 1 is 1.47 bits per heavy atom. The van der Waals surface area contributed by atoms with Crippen LogP contribution < -0.4 is 0 Å². The number of carboxylic acids is 1. The van der Waals surface area contributed by atoms with Crippen molar-refractivity contribution in [3.63, 3.8) is 0 Å². The van der Waals surface area contributed by atoms with Crippen LogP contribution in [0, 0.1) is 11.8 Å². The third-order valence-corrected chi connectivity index (χ3v) is 2.54. The molecule has 84 valence electrons. The maximum Gasteiger partial charge on any atom is 0.316 e.